The van der Waals surface area contributed by atoms with Gasteiger partial charge in [-0.2, -0.15) is 0 Å². The lowest BCUT2D eigenvalue weighted by molar-refractivity contribution is 0.315. The molecule has 0 fully saturated rings. The molecule has 1 unspecified atom stereocenters. The Morgan fingerprint density at radius 3 is 2.79 bits per heavy atom. The average Bonchev–Trinajstić information content (AvgIpc) is 2.47. The normalized spacial score (nSPS) is 12.1. The minimum Gasteiger partial charge on any atom is -0.492 e. The van der Waals surface area contributed by atoms with Crippen molar-refractivity contribution in [3.8, 4) is 5.75 Å². The summed E-state index contributed by atoms with van der Waals surface area (Å²) in [6.45, 7) is 2.77. The van der Waals surface area contributed by atoms with Gasteiger partial charge in [0.25, 0.3) is 0 Å². The summed E-state index contributed by atoms with van der Waals surface area (Å²) in [5, 5.41) is 3.22. The highest BCUT2D eigenvalue weighted by atomic mass is 16.5. The lowest BCUT2D eigenvalue weighted by Crippen LogP contribution is -2.19. The van der Waals surface area contributed by atoms with Gasteiger partial charge in [0, 0.05) is 18.6 Å². The number of hydrogen-bond donors (Lipinski definition) is 1. The second-order valence-corrected chi connectivity index (χ2v) is 4.15. The molecule has 0 saturated carbocycles. The van der Waals surface area contributed by atoms with Crippen LogP contribution in [0.5, 0.6) is 5.75 Å². The summed E-state index contributed by atoms with van der Waals surface area (Å²) in [5.74, 6) is 0.781. The molecule has 2 aromatic heterocycles. The molecule has 1 atom stereocenters. The summed E-state index contributed by atoms with van der Waals surface area (Å²) in [6, 6.07) is 1.95. The van der Waals surface area contributed by atoms with E-state index in [0.717, 1.165) is 23.4 Å². The number of rotatable bonds is 6. The molecule has 0 radical (unpaired) electrons. The summed E-state index contributed by atoms with van der Waals surface area (Å²) >= 11 is 0. The lowest BCUT2D eigenvalue weighted by Gasteiger charge is -2.16. The van der Waals surface area contributed by atoms with Crippen molar-refractivity contribution in [3.63, 3.8) is 0 Å². The standard InChI is InChI=1S/C14H18N4O/c1-3-6-19-12-7-11(8-17-9-12)14(15-2)13-10-16-4-5-18-13/h4-5,7-10,14-15H,3,6H2,1-2H3. The highest BCUT2D eigenvalue weighted by molar-refractivity contribution is 5.30. The Kier molecular flexibility index (Phi) is 4.80. The number of nitrogens with one attached hydrogen (secondary N) is 1. The van der Waals surface area contributed by atoms with E-state index in [9.17, 15) is 0 Å². The maximum absolute atomic E-state index is 5.60. The van der Waals surface area contributed by atoms with E-state index in [1.807, 2.05) is 19.3 Å². The van der Waals surface area contributed by atoms with Gasteiger partial charge in [-0.3, -0.25) is 15.0 Å². The highest BCUT2D eigenvalue weighted by Gasteiger charge is 2.14. The smallest absolute Gasteiger partial charge is 0.137 e. The zero-order valence-corrected chi connectivity index (χ0v) is 11.2. The third-order valence-electron chi connectivity index (χ3n) is 2.71. The predicted molar refractivity (Wildman–Crippen MR) is 73.0 cm³/mol. The minimum atomic E-state index is -0.0358. The van der Waals surface area contributed by atoms with Gasteiger partial charge in [-0.25, -0.2) is 0 Å². The Morgan fingerprint density at radius 2 is 2.11 bits per heavy atom. The van der Waals surface area contributed by atoms with Crippen LogP contribution < -0.4 is 10.1 Å². The molecule has 2 rings (SSSR count). The van der Waals surface area contributed by atoms with Crippen molar-refractivity contribution in [3.05, 3.63) is 48.3 Å². The van der Waals surface area contributed by atoms with E-state index in [2.05, 4.69) is 27.2 Å². The molecule has 0 bridgehead atoms. The number of ether oxygens (including phenoxy) is 1. The molecule has 0 aromatic carbocycles. The lowest BCUT2D eigenvalue weighted by atomic mass is 10.1. The van der Waals surface area contributed by atoms with Crippen molar-refractivity contribution >= 4 is 0 Å². The summed E-state index contributed by atoms with van der Waals surface area (Å²) in [6.07, 6.45) is 9.61. The SMILES string of the molecule is CCCOc1cncc(C(NC)c2cnccn2)c1. The van der Waals surface area contributed by atoms with Crippen LogP contribution in [-0.4, -0.2) is 28.6 Å². The van der Waals surface area contributed by atoms with Crippen molar-refractivity contribution in [1.82, 2.24) is 20.3 Å². The van der Waals surface area contributed by atoms with Gasteiger partial charge >= 0.3 is 0 Å². The average molecular weight is 258 g/mol. The number of hydrogen-bond acceptors (Lipinski definition) is 5. The first-order valence-electron chi connectivity index (χ1n) is 6.36. The van der Waals surface area contributed by atoms with Crippen LogP contribution in [0.1, 0.15) is 30.6 Å². The molecule has 0 spiro atoms. The van der Waals surface area contributed by atoms with E-state index in [0.29, 0.717) is 6.61 Å². The van der Waals surface area contributed by atoms with Crippen LogP contribution in [0.25, 0.3) is 0 Å². The Balaban J connectivity index is 2.23. The molecule has 100 valence electrons. The van der Waals surface area contributed by atoms with E-state index >= 15 is 0 Å². The molecule has 0 aliphatic rings. The van der Waals surface area contributed by atoms with Crippen molar-refractivity contribution in [2.45, 2.75) is 19.4 Å². The van der Waals surface area contributed by atoms with Crippen molar-refractivity contribution < 1.29 is 4.74 Å². The maximum atomic E-state index is 5.60. The molecule has 2 aromatic rings. The molecule has 0 saturated heterocycles. The van der Waals surface area contributed by atoms with Gasteiger partial charge in [0.05, 0.1) is 30.7 Å². The topological polar surface area (TPSA) is 59.9 Å². The first-order chi connectivity index (χ1) is 9.35. The fourth-order valence-corrected chi connectivity index (χ4v) is 1.84. The largest absolute Gasteiger partial charge is 0.492 e. The van der Waals surface area contributed by atoms with Crippen LogP contribution in [-0.2, 0) is 0 Å². The quantitative estimate of drug-likeness (QED) is 0.858. The number of aromatic nitrogens is 3. The van der Waals surface area contributed by atoms with E-state index < -0.39 is 0 Å². The third-order valence-corrected chi connectivity index (χ3v) is 2.71. The van der Waals surface area contributed by atoms with Crippen molar-refractivity contribution in [2.24, 2.45) is 0 Å². The summed E-state index contributed by atoms with van der Waals surface area (Å²) in [7, 11) is 1.89. The maximum Gasteiger partial charge on any atom is 0.137 e. The Morgan fingerprint density at radius 1 is 1.21 bits per heavy atom. The molecule has 0 aliphatic heterocycles. The zero-order valence-electron chi connectivity index (χ0n) is 11.2. The minimum absolute atomic E-state index is 0.0358. The Labute approximate surface area is 113 Å². The Bertz CT molecular complexity index is 504. The second kappa shape index (κ2) is 6.80. The van der Waals surface area contributed by atoms with Crippen LogP contribution in [0.15, 0.2) is 37.1 Å². The predicted octanol–water partition coefficient (Wildman–Crippen LogP) is 1.97. The van der Waals surface area contributed by atoms with Crippen LogP contribution in [0.4, 0.5) is 0 Å². The van der Waals surface area contributed by atoms with Crippen LogP contribution in [0.3, 0.4) is 0 Å². The molecule has 0 amide bonds. The van der Waals surface area contributed by atoms with Gasteiger partial charge < -0.3 is 10.1 Å². The molecule has 5 nitrogen and oxygen atoms in total. The second-order valence-electron chi connectivity index (χ2n) is 4.15. The highest BCUT2D eigenvalue weighted by Crippen LogP contribution is 2.22. The molecule has 5 heteroatoms. The molecule has 2 heterocycles. The molecule has 0 aliphatic carbocycles. The van der Waals surface area contributed by atoms with Gasteiger partial charge in [-0.1, -0.05) is 6.92 Å². The van der Waals surface area contributed by atoms with E-state index in [1.54, 1.807) is 24.8 Å². The Hall–Kier alpha value is -2.01. The third kappa shape index (κ3) is 3.48. The fourth-order valence-electron chi connectivity index (χ4n) is 1.84. The molecular formula is C14H18N4O. The van der Waals surface area contributed by atoms with Gasteiger partial charge in [0.2, 0.25) is 0 Å². The van der Waals surface area contributed by atoms with Crippen molar-refractivity contribution in [1.29, 1.82) is 0 Å². The zero-order chi connectivity index (χ0) is 13.5. The van der Waals surface area contributed by atoms with Crippen LogP contribution in [0.2, 0.25) is 0 Å². The number of nitrogens with zero attached hydrogens (tertiary/aromatic N) is 3. The van der Waals surface area contributed by atoms with Gasteiger partial charge in [0.1, 0.15) is 5.75 Å². The summed E-state index contributed by atoms with van der Waals surface area (Å²) in [5.41, 5.74) is 1.87. The molecule has 1 N–H and O–H groups in total. The van der Waals surface area contributed by atoms with Gasteiger partial charge in [-0.15, -0.1) is 0 Å². The van der Waals surface area contributed by atoms with Crippen molar-refractivity contribution in [2.75, 3.05) is 13.7 Å². The summed E-state index contributed by atoms with van der Waals surface area (Å²) in [4.78, 5) is 12.6. The first kappa shape index (κ1) is 13.4. The summed E-state index contributed by atoms with van der Waals surface area (Å²) < 4.78 is 5.60. The van der Waals surface area contributed by atoms with E-state index in [-0.39, 0.29) is 6.04 Å². The van der Waals surface area contributed by atoms with Gasteiger partial charge in [-0.05, 0) is 25.1 Å². The van der Waals surface area contributed by atoms with E-state index in [4.69, 9.17) is 4.74 Å². The molecular weight excluding hydrogens is 240 g/mol. The van der Waals surface area contributed by atoms with Crippen LogP contribution >= 0.6 is 0 Å². The first-order valence-corrected chi connectivity index (χ1v) is 6.36. The van der Waals surface area contributed by atoms with E-state index in [1.165, 1.54) is 0 Å². The number of pyridine rings is 1. The monoisotopic (exact) mass is 258 g/mol. The fraction of sp³-hybridized carbons (Fsp3) is 0.357. The van der Waals surface area contributed by atoms with Crippen LogP contribution in [0, 0.1) is 0 Å². The molecule has 19 heavy (non-hydrogen) atoms. The van der Waals surface area contributed by atoms with Gasteiger partial charge in [0.15, 0.2) is 0 Å².